The molecule has 1 saturated heterocycles. The standard InChI is InChI=1S/C22H43NO3/c1-6-7-8-9-10-11-12-13-14-15-16-20(24)26-19-17-21(2,3)23(25)22(4,5)18-19/h19,25H,6-18H2,1-5H3. The van der Waals surface area contributed by atoms with Crippen molar-refractivity contribution in [1.29, 1.82) is 0 Å². The Labute approximate surface area is 161 Å². The molecule has 0 radical (unpaired) electrons. The Morgan fingerprint density at radius 1 is 0.885 bits per heavy atom. The van der Waals surface area contributed by atoms with E-state index in [-0.39, 0.29) is 23.2 Å². The third-order valence-electron chi connectivity index (χ3n) is 5.63. The van der Waals surface area contributed by atoms with Gasteiger partial charge in [0.15, 0.2) is 0 Å². The molecule has 1 heterocycles. The summed E-state index contributed by atoms with van der Waals surface area (Å²) in [7, 11) is 0. The van der Waals surface area contributed by atoms with E-state index in [1.54, 1.807) is 0 Å². The summed E-state index contributed by atoms with van der Waals surface area (Å²) in [5, 5.41) is 11.7. The molecule has 1 aliphatic rings. The number of nitrogens with zero attached hydrogens (tertiary/aromatic N) is 1. The van der Waals surface area contributed by atoms with Crippen LogP contribution in [0.4, 0.5) is 0 Å². The maximum absolute atomic E-state index is 12.2. The Morgan fingerprint density at radius 2 is 1.31 bits per heavy atom. The summed E-state index contributed by atoms with van der Waals surface area (Å²) in [6.45, 7) is 10.2. The van der Waals surface area contributed by atoms with Crippen LogP contribution in [0.1, 0.15) is 118 Å². The van der Waals surface area contributed by atoms with Crippen LogP contribution in [-0.4, -0.2) is 33.4 Å². The minimum atomic E-state index is -0.371. The van der Waals surface area contributed by atoms with Gasteiger partial charge in [-0.25, -0.2) is 0 Å². The molecular weight excluding hydrogens is 326 g/mol. The van der Waals surface area contributed by atoms with Crippen LogP contribution in [0, 0.1) is 0 Å². The summed E-state index contributed by atoms with van der Waals surface area (Å²) < 4.78 is 5.72. The zero-order valence-electron chi connectivity index (χ0n) is 18.0. The van der Waals surface area contributed by atoms with Crippen molar-refractivity contribution in [2.24, 2.45) is 0 Å². The molecule has 0 atom stereocenters. The molecule has 4 nitrogen and oxygen atoms in total. The number of piperidine rings is 1. The van der Waals surface area contributed by atoms with E-state index in [4.69, 9.17) is 4.74 Å². The lowest BCUT2D eigenvalue weighted by molar-refractivity contribution is -0.259. The number of hydroxylamine groups is 2. The first-order valence-corrected chi connectivity index (χ1v) is 10.9. The van der Waals surface area contributed by atoms with Gasteiger partial charge in [0.1, 0.15) is 6.10 Å². The first-order chi connectivity index (χ1) is 12.2. The fourth-order valence-electron chi connectivity index (χ4n) is 4.26. The maximum atomic E-state index is 12.2. The lowest BCUT2D eigenvalue weighted by Crippen LogP contribution is -2.60. The largest absolute Gasteiger partial charge is 0.462 e. The van der Waals surface area contributed by atoms with Crippen LogP contribution < -0.4 is 0 Å². The molecule has 4 heteroatoms. The van der Waals surface area contributed by atoms with E-state index in [0.29, 0.717) is 19.3 Å². The normalized spacial score (nSPS) is 20.2. The Morgan fingerprint density at radius 3 is 1.77 bits per heavy atom. The fourth-order valence-corrected chi connectivity index (χ4v) is 4.26. The highest BCUT2D eigenvalue weighted by Crippen LogP contribution is 2.38. The fraction of sp³-hybridized carbons (Fsp3) is 0.955. The van der Waals surface area contributed by atoms with Crippen LogP contribution in [0.25, 0.3) is 0 Å². The second-order valence-corrected chi connectivity index (χ2v) is 9.39. The van der Waals surface area contributed by atoms with E-state index in [0.717, 1.165) is 12.8 Å². The van der Waals surface area contributed by atoms with Crippen LogP contribution in [0.2, 0.25) is 0 Å². The molecule has 1 rings (SSSR count). The minimum Gasteiger partial charge on any atom is -0.462 e. The monoisotopic (exact) mass is 369 g/mol. The molecule has 0 aromatic rings. The number of hydrogen-bond donors (Lipinski definition) is 1. The highest BCUT2D eigenvalue weighted by atomic mass is 16.5. The van der Waals surface area contributed by atoms with Gasteiger partial charge in [-0.3, -0.25) is 4.79 Å². The number of carbonyl (C=O) groups is 1. The zero-order chi connectivity index (χ0) is 19.6. The zero-order valence-corrected chi connectivity index (χ0v) is 18.0. The molecule has 26 heavy (non-hydrogen) atoms. The number of hydrogen-bond acceptors (Lipinski definition) is 4. The summed E-state index contributed by atoms with van der Waals surface area (Å²) in [5.41, 5.74) is -0.742. The van der Waals surface area contributed by atoms with Crippen LogP contribution in [0.3, 0.4) is 0 Å². The Kier molecular flexibility index (Phi) is 10.2. The molecule has 1 aliphatic heterocycles. The van der Waals surface area contributed by atoms with Gasteiger partial charge in [0, 0.05) is 30.3 Å². The van der Waals surface area contributed by atoms with E-state index in [2.05, 4.69) is 6.92 Å². The molecule has 0 aliphatic carbocycles. The van der Waals surface area contributed by atoms with Crippen molar-refractivity contribution in [3.63, 3.8) is 0 Å². The maximum Gasteiger partial charge on any atom is 0.306 e. The number of ether oxygens (including phenoxy) is 1. The van der Waals surface area contributed by atoms with Crippen molar-refractivity contribution in [2.45, 2.75) is 135 Å². The van der Waals surface area contributed by atoms with Gasteiger partial charge in [0.2, 0.25) is 0 Å². The Hall–Kier alpha value is -0.610. The topological polar surface area (TPSA) is 49.8 Å². The highest BCUT2D eigenvalue weighted by molar-refractivity contribution is 5.69. The third kappa shape index (κ3) is 8.39. The molecule has 0 bridgehead atoms. The van der Waals surface area contributed by atoms with Crippen LogP contribution in [-0.2, 0) is 9.53 Å². The van der Waals surface area contributed by atoms with Gasteiger partial charge >= 0.3 is 5.97 Å². The first-order valence-electron chi connectivity index (χ1n) is 10.9. The van der Waals surface area contributed by atoms with E-state index >= 15 is 0 Å². The Balaban J connectivity index is 2.12. The van der Waals surface area contributed by atoms with Gasteiger partial charge in [-0.05, 0) is 34.1 Å². The lowest BCUT2D eigenvalue weighted by Gasteiger charge is -2.50. The SMILES string of the molecule is CCCCCCCCCCCCC(=O)OC1CC(C)(C)N(O)C(C)(C)C1. The molecule has 0 unspecified atom stereocenters. The third-order valence-corrected chi connectivity index (χ3v) is 5.63. The summed E-state index contributed by atoms with van der Waals surface area (Å²) in [5.74, 6) is -0.0763. The predicted octanol–water partition coefficient (Wildman–Crippen LogP) is 6.25. The van der Waals surface area contributed by atoms with Gasteiger partial charge in [-0.15, -0.1) is 0 Å². The van der Waals surface area contributed by atoms with Crippen LogP contribution >= 0.6 is 0 Å². The number of carbonyl (C=O) groups excluding carboxylic acids is 1. The van der Waals surface area contributed by atoms with Crippen molar-refractivity contribution < 1.29 is 14.7 Å². The van der Waals surface area contributed by atoms with E-state index in [1.807, 2.05) is 27.7 Å². The molecule has 0 aromatic heterocycles. The molecule has 1 N–H and O–H groups in total. The second-order valence-electron chi connectivity index (χ2n) is 9.39. The number of rotatable bonds is 12. The minimum absolute atomic E-state index is 0.0763. The quantitative estimate of drug-likeness (QED) is 0.326. The molecular formula is C22H43NO3. The summed E-state index contributed by atoms with van der Waals surface area (Å²) in [4.78, 5) is 12.2. The molecule has 154 valence electrons. The van der Waals surface area contributed by atoms with Crippen molar-refractivity contribution in [3.05, 3.63) is 0 Å². The van der Waals surface area contributed by atoms with Crippen molar-refractivity contribution in [1.82, 2.24) is 5.06 Å². The molecule has 0 spiro atoms. The van der Waals surface area contributed by atoms with E-state index < -0.39 is 0 Å². The second kappa shape index (κ2) is 11.3. The number of esters is 1. The van der Waals surface area contributed by atoms with E-state index in [1.165, 1.54) is 56.4 Å². The number of unbranched alkanes of at least 4 members (excludes halogenated alkanes) is 9. The summed E-state index contributed by atoms with van der Waals surface area (Å²) in [6, 6.07) is 0. The lowest BCUT2D eigenvalue weighted by atomic mass is 9.80. The van der Waals surface area contributed by atoms with Gasteiger partial charge in [-0.2, -0.15) is 5.06 Å². The average Bonchev–Trinajstić information content (AvgIpc) is 2.53. The van der Waals surface area contributed by atoms with Crippen molar-refractivity contribution in [3.8, 4) is 0 Å². The Bertz CT molecular complexity index is 388. The summed E-state index contributed by atoms with van der Waals surface area (Å²) in [6.07, 6.45) is 14.5. The predicted molar refractivity (Wildman–Crippen MR) is 107 cm³/mol. The van der Waals surface area contributed by atoms with Crippen LogP contribution in [0.5, 0.6) is 0 Å². The van der Waals surface area contributed by atoms with Crippen molar-refractivity contribution in [2.75, 3.05) is 0 Å². The van der Waals surface area contributed by atoms with E-state index in [9.17, 15) is 10.0 Å². The van der Waals surface area contributed by atoms with Gasteiger partial charge < -0.3 is 9.94 Å². The highest BCUT2D eigenvalue weighted by Gasteiger charge is 2.46. The smallest absolute Gasteiger partial charge is 0.306 e. The molecule has 0 aromatic carbocycles. The van der Waals surface area contributed by atoms with Gasteiger partial charge in [-0.1, -0.05) is 64.7 Å². The molecule has 0 amide bonds. The molecule has 0 saturated carbocycles. The average molecular weight is 370 g/mol. The summed E-state index contributed by atoms with van der Waals surface area (Å²) >= 11 is 0. The van der Waals surface area contributed by atoms with Crippen LogP contribution in [0.15, 0.2) is 0 Å². The molecule has 1 fully saturated rings. The first kappa shape index (κ1) is 23.4. The van der Waals surface area contributed by atoms with Gasteiger partial charge in [0.25, 0.3) is 0 Å². The van der Waals surface area contributed by atoms with Gasteiger partial charge in [0.05, 0.1) is 0 Å². The van der Waals surface area contributed by atoms with Crippen molar-refractivity contribution >= 4 is 5.97 Å².